The molecule has 0 radical (unpaired) electrons. The highest BCUT2D eigenvalue weighted by Crippen LogP contribution is 2.24. The van der Waals surface area contributed by atoms with Crippen molar-refractivity contribution in [1.29, 1.82) is 0 Å². The summed E-state index contributed by atoms with van der Waals surface area (Å²) in [7, 11) is 0. The molecule has 2 aromatic heterocycles. The molecular formula is C22H25N5O. The maximum atomic E-state index is 12.5. The minimum atomic E-state index is -0.102. The summed E-state index contributed by atoms with van der Waals surface area (Å²) in [6.45, 7) is 7.02. The maximum absolute atomic E-state index is 12.5. The third-order valence-corrected chi connectivity index (χ3v) is 5.17. The minimum Gasteiger partial charge on any atom is -0.322 e. The Morgan fingerprint density at radius 2 is 2.00 bits per heavy atom. The second-order valence-electron chi connectivity index (χ2n) is 7.44. The molecule has 0 bridgehead atoms. The van der Waals surface area contributed by atoms with Gasteiger partial charge in [0.15, 0.2) is 0 Å². The fourth-order valence-electron chi connectivity index (χ4n) is 3.88. The van der Waals surface area contributed by atoms with Crippen LogP contribution in [0.4, 0.5) is 5.69 Å². The molecule has 1 N–H and O–H groups in total. The first-order valence-corrected chi connectivity index (χ1v) is 9.64. The maximum Gasteiger partial charge on any atom is 0.255 e. The highest BCUT2D eigenvalue weighted by molar-refractivity contribution is 6.04. The van der Waals surface area contributed by atoms with Crippen LogP contribution in [0.25, 0.3) is 0 Å². The molecule has 0 saturated carbocycles. The zero-order valence-corrected chi connectivity index (χ0v) is 16.3. The number of pyridine rings is 1. The molecule has 6 heteroatoms. The third-order valence-electron chi connectivity index (χ3n) is 5.17. The zero-order valence-electron chi connectivity index (χ0n) is 16.3. The van der Waals surface area contributed by atoms with Gasteiger partial charge >= 0.3 is 0 Å². The highest BCUT2D eigenvalue weighted by atomic mass is 16.1. The van der Waals surface area contributed by atoms with E-state index in [9.17, 15) is 4.79 Å². The average molecular weight is 375 g/mol. The van der Waals surface area contributed by atoms with Crippen molar-refractivity contribution < 1.29 is 4.79 Å². The van der Waals surface area contributed by atoms with Crippen LogP contribution in [0.3, 0.4) is 0 Å². The van der Waals surface area contributed by atoms with Crippen molar-refractivity contribution in [2.75, 3.05) is 18.4 Å². The third kappa shape index (κ3) is 4.12. The molecule has 1 atom stereocenters. The summed E-state index contributed by atoms with van der Waals surface area (Å²) < 4.78 is 2.16. The molecule has 0 aliphatic carbocycles. The summed E-state index contributed by atoms with van der Waals surface area (Å²) >= 11 is 0. The number of amides is 1. The minimum absolute atomic E-state index is 0.102. The standard InChI is InChI=1S/C22H25N5O/c1-16-12-17(2)27(25-16)21-8-11-26(15-21)14-18-4-3-5-19(13-18)22(28)24-20-6-9-23-10-7-20/h3-7,9-10,12-13,21H,8,11,14-15H2,1-2H3,(H,23,24,28)/t21-/m0/s1. The molecule has 1 saturated heterocycles. The van der Waals surface area contributed by atoms with Gasteiger partial charge < -0.3 is 5.32 Å². The molecule has 28 heavy (non-hydrogen) atoms. The van der Waals surface area contributed by atoms with E-state index in [0.29, 0.717) is 11.6 Å². The number of aryl methyl sites for hydroxylation is 2. The van der Waals surface area contributed by atoms with Crippen LogP contribution in [0.15, 0.2) is 54.9 Å². The van der Waals surface area contributed by atoms with E-state index in [4.69, 9.17) is 0 Å². The number of carbonyl (C=O) groups is 1. The van der Waals surface area contributed by atoms with E-state index in [1.807, 2.05) is 25.1 Å². The van der Waals surface area contributed by atoms with Crippen molar-refractivity contribution in [2.45, 2.75) is 32.9 Å². The SMILES string of the molecule is Cc1cc(C)n([C@H]2CCN(Cc3cccc(C(=O)Nc4ccncc4)c3)C2)n1. The highest BCUT2D eigenvalue weighted by Gasteiger charge is 2.25. The van der Waals surface area contributed by atoms with Gasteiger partial charge in [0.25, 0.3) is 5.91 Å². The van der Waals surface area contributed by atoms with Gasteiger partial charge in [0.2, 0.25) is 0 Å². The Morgan fingerprint density at radius 3 is 2.75 bits per heavy atom. The summed E-state index contributed by atoms with van der Waals surface area (Å²) in [6.07, 6.45) is 4.43. The van der Waals surface area contributed by atoms with Crippen LogP contribution in [-0.2, 0) is 6.54 Å². The van der Waals surface area contributed by atoms with Crippen LogP contribution in [0, 0.1) is 13.8 Å². The Kier molecular flexibility index (Phi) is 5.21. The lowest BCUT2D eigenvalue weighted by Crippen LogP contribution is -2.22. The predicted molar refractivity (Wildman–Crippen MR) is 109 cm³/mol. The molecule has 4 rings (SSSR count). The Balaban J connectivity index is 1.40. The van der Waals surface area contributed by atoms with Gasteiger partial charge in [-0.25, -0.2) is 0 Å². The van der Waals surface area contributed by atoms with Crippen molar-refractivity contribution in [1.82, 2.24) is 19.7 Å². The van der Waals surface area contributed by atoms with Crippen LogP contribution in [0.5, 0.6) is 0 Å². The Morgan fingerprint density at radius 1 is 1.18 bits per heavy atom. The molecule has 3 heterocycles. The molecule has 3 aromatic rings. The van der Waals surface area contributed by atoms with E-state index >= 15 is 0 Å². The van der Waals surface area contributed by atoms with Crippen molar-refractivity contribution in [3.63, 3.8) is 0 Å². The van der Waals surface area contributed by atoms with E-state index in [1.165, 1.54) is 5.69 Å². The van der Waals surface area contributed by atoms with Gasteiger partial charge in [0.05, 0.1) is 11.7 Å². The van der Waals surface area contributed by atoms with E-state index < -0.39 is 0 Å². The number of aromatic nitrogens is 3. The van der Waals surface area contributed by atoms with Crippen molar-refractivity contribution in [2.24, 2.45) is 0 Å². The molecule has 1 aromatic carbocycles. The average Bonchev–Trinajstić information content (AvgIpc) is 3.28. The molecule has 1 aliphatic rings. The lowest BCUT2D eigenvalue weighted by atomic mass is 10.1. The van der Waals surface area contributed by atoms with Gasteiger partial charge in [-0.15, -0.1) is 0 Å². The number of hydrogen-bond acceptors (Lipinski definition) is 4. The van der Waals surface area contributed by atoms with Gasteiger partial charge in [-0.2, -0.15) is 5.10 Å². The monoisotopic (exact) mass is 375 g/mol. The van der Waals surface area contributed by atoms with Gasteiger partial charge in [0, 0.05) is 49.0 Å². The molecule has 144 valence electrons. The van der Waals surface area contributed by atoms with E-state index in [-0.39, 0.29) is 5.91 Å². The van der Waals surface area contributed by atoms with Crippen LogP contribution in [-0.4, -0.2) is 38.7 Å². The summed E-state index contributed by atoms with van der Waals surface area (Å²) in [4.78, 5) is 18.9. The Bertz CT molecular complexity index is 966. The largest absolute Gasteiger partial charge is 0.322 e. The molecule has 0 unspecified atom stereocenters. The lowest BCUT2D eigenvalue weighted by molar-refractivity contribution is 0.102. The second kappa shape index (κ2) is 7.94. The predicted octanol–water partition coefficient (Wildman–Crippen LogP) is 3.59. The number of carbonyl (C=O) groups excluding carboxylic acids is 1. The molecule has 0 spiro atoms. The van der Waals surface area contributed by atoms with Crippen LogP contribution >= 0.6 is 0 Å². The normalized spacial score (nSPS) is 17.0. The van der Waals surface area contributed by atoms with E-state index in [2.05, 4.69) is 44.0 Å². The first kappa shape index (κ1) is 18.4. The fourth-order valence-corrected chi connectivity index (χ4v) is 3.88. The van der Waals surface area contributed by atoms with Gasteiger partial charge in [-0.1, -0.05) is 12.1 Å². The van der Waals surface area contributed by atoms with Gasteiger partial charge in [0.1, 0.15) is 0 Å². The Labute approximate surface area is 165 Å². The van der Waals surface area contributed by atoms with E-state index in [0.717, 1.165) is 43.0 Å². The number of likely N-dealkylation sites (tertiary alicyclic amines) is 1. The first-order valence-electron chi connectivity index (χ1n) is 9.64. The fraction of sp³-hybridized carbons (Fsp3) is 0.318. The smallest absolute Gasteiger partial charge is 0.255 e. The topological polar surface area (TPSA) is 63.1 Å². The molecule has 6 nitrogen and oxygen atoms in total. The molecular weight excluding hydrogens is 350 g/mol. The first-order chi connectivity index (χ1) is 13.6. The van der Waals surface area contributed by atoms with Gasteiger partial charge in [-0.05, 0) is 56.2 Å². The number of rotatable bonds is 5. The zero-order chi connectivity index (χ0) is 19.5. The second-order valence-corrected chi connectivity index (χ2v) is 7.44. The summed E-state index contributed by atoms with van der Waals surface area (Å²) in [5.74, 6) is -0.102. The number of hydrogen-bond donors (Lipinski definition) is 1. The number of nitrogens with one attached hydrogen (secondary N) is 1. The summed E-state index contributed by atoms with van der Waals surface area (Å²) in [5.41, 5.74) is 4.86. The number of nitrogens with zero attached hydrogens (tertiary/aromatic N) is 4. The number of benzene rings is 1. The number of anilines is 1. The molecule has 1 fully saturated rings. The van der Waals surface area contributed by atoms with Gasteiger partial charge in [-0.3, -0.25) is 19.4 Å². The van der Waals surface area contributed by atoms with Crippen molar-refractivity contribution >= 4 is 11.6 Å². The van der Waals surface area contributed by atoms with E-state index in [1.54, 1.807) is 24.5 Å². The van der Waals surface area contributed by atoms with Crippen LogP contribution < -0.4 is 5.32 Å². The van der Waals surface area contributed by atoms with Crippen molar-refractivity contribution in [3.8, 4) is 0 Å². The lowest BCUT2D eigenvalue weighted by Gasteiger charge is -2.17. The summed E-state index contributed by atoms with van der Waals surface area (Å²) in [6, 6.07) is 14.0. The van der Waals surface area contributed by atoms with Crippen molar-refractivity contribution in [3.05, 3.63) is 77.4 Å². The van der Waals surface area contributed by atoms with Crippen LogP contribution in [0.2, 0.25) is 0 Å². The summed E-state index contributed by atoms with van der Waals surface area (Å²) in [5, 5.41) is 7.56. The molecule has 1 aliphatic heterocycles. The quantitative estimate of drug-likeness (QED) is 0.740. The molecule has 1 amide bonds. The van der Waals surface area contributed by atoms with Crippen LogP contribution in [0.1, 0.15) is 39.8 Å². The Hall–Kier alpha value is -2.99.